The molecule has 2 aromatic rings. The van der Waals surface area contributed by atoms with E-state index in [0.29, 0.717) is 13.2 Å². The van der Waals surface area contributed by atoms with E-state index in [1.165, 1.54) is 21.9 Å². The van der Waals surface area contributed by atoms with E-state index in [4.69, 9.17) is 9.47 Å². The van der Waals surface area contributed by atoms with Gasteiger partial charge in [0.05, 0.1) is 13.2 Å². The zero-order chi connectivity index (χ0) is 12.8. The number of benzene rings is 2. The van der Waals surface area contributed by atoms with Crippen LogP contribution >= 0.6 is 0 Å². The van der Waals surface area contributed by atoms with Crippen molar-refractivity contribution in [1.29, 1.82) is 0 Å². The maximum atomic E-state index is 5.57. The Morgan fingerprint density at radius 2 is 1.56 bits per heavy atom. The first-order valence-corrected chi connectivity index (χ1v) is 6.41. The highest BCUT2D eigenvalue weighted by Gasteiger charge is 1.99. The van der Waals surface area contributed by atoms with Crippen LogP contribution in [0, 0.1) is 0 Å². The summed E-state index contributed by atoms with van der Waals surface area (Å²) in [5.74, 6) is 0. The lowest BCUT2D eigenvalue weighted by Gasteiger charge is -2.06. The highest BCUT2D eigenvalue weighted by molar-refractivity contribution is 5.83. The number of fused-ring (bicyclic) bond motifs is 1. The van der Waals surface area contributed by atoms with Crippen LogP contribution in [0.1, 0.15) is 24.5 Å². The fourth-order valence-corrected chi connectivity index (χ4v) is 2.03. The van der Waals surface area contributed by atoms with Crippen molar-refractivity contribution >= 4 is 10.8 Å². The molecule has 0 heterocycles. The van der Waals surface area contributed by atoms with Gasteiger partial charge in [0.25, 0.3) is 0 Å². The predicted octanol–water partition coefficient (Wildman–Crippen LogP) is 3.91. The van der Waals surface area contributed by atoms with Crippen LogP contribution in [0.25, 0.3) is 10.8 Å². The van der Waals surface area contributed by atoms with Gasteiger partial charge >= 0.3 is 0 Å². The van der Waals surface area contributed by atoms with Crippen LogP contribution in [0.15, 0.2) is 36.4 Å². The molecule has 2 heteroatoms. The summed E-state index contributed by atoms with van der Waals surface area (Å²) >= 11 is 0. The zero-order valence-corrected chi connectivity index (χ0v) is 11.1. The van der Waals surface area contributed by atoms with E-state index >= 15 is 0 Å². The molecule has 96 valence electrons. The van der Waals surface area contributed by atoms with Gasteiger partial charge in [-0.05, 0) is 40.5 Å². The molecule has 0 unspecified atom stereocenters. The molecule has 0 aliphatic carbocycles. The number of methoxy groups -OCH3 is 1. The largest absolute Gasteiger partial charge is 0.380 e. The van der Waals surface area contributed by atoms with Gasteiger partial charge < -0.3 is 9.47 Å². The Morgan fingerprint density at radius 1 is 0.889 bits per heavy atom. The van der Waals surface area contributed by atoms with E-state index < -0.39 is 0 Å². The number of rotatable bonds is 6. The van der Waals surface area contributed by atoms with E-state index in [1.54, 1.807) is 7.11 Å². The maximum Gasteiger partial charge on any atom is 0.0717 e. The molecule has 0 spiro atoms. The Balaban J connectivity index is 2.19. The summed E-state index contributed by atoms with van der Waals surface area (Å²) in [7, 11) is 1.72. The van der Waals surface area contributed by atoms with Crippen LogP contribution in [0.4, 0.5) is 0 Å². The summed E-state index contributed by atoms with van der Waals surface area (Å²) in [6.45, 7) is 4.30. The molecule has 2 aromatic carbocycles. The first-order valence-electron chi connectivity index (χ1n) is 6.41. The van der Waals surface area contributed by atoms with E-state index in [1.807, 2.05) is 0 Å². The van der Waals surface area contributed by atoms with Gasteiger partial charge in [-0.25, -0.2) is 0 Å². The Labute approximate surface area is 109 Å². The fourth-order valence-electron chi connectivity index (χ4n) is 2.03. The van der Waals surface area contributed by atoms with Crippen molar-refractivity contribution in [3.8, 4) is 0 Å². The minimum atomic E-state index is 0.659. The number of hydrogen-bond donors (Lipinski definition) is 0. The summed E-state index contributed by atoms with van der Waals surface area (Å²) in [6, 6.07) is 12.9. The summed E-state index contributed by atoms with van der Waals surface area (Å²) in [5.41, 5.74) is 2.43. The molecular weight excluding hydrogens is 224 g/mol. The Morgan fingerprint density at radius 3 is 2.17 bits per heavy atom. The molecule has 0 atom stereocenters. The highest BCUT2D eigenvalue weighted by Crippen LogP contribution is 2.19. The lowest BCUT2D eigenvalue weighted by Crippen LogP contribution is -1.94. The van der Waals surface area contributed by atoms with E-state index in [2.05, 4.69) is 43.3 Å². The molecule has 0 aliphatic rings. The standard InChI is InChI=1S/C16H20O2/c1-3-8-18-12-14-5-7-15-6-4-13(11-17-2)9-16(15)10-14/h4-7,9-10H,3,8,11-12H2,1-2H3. The van der Waals surface area contributed by atoms with Gasteiger partial charge in [-0.1, -0.05) is 31.2 Å². The Hall–Kier alpha value is -1.38. The first-order chi connectivity index (χ1) is 8.83. The monoisotopic (exact) mass is 244 g/mol. The van der Waals surface area contributed by atoms with Crippen LogP contribution in [0.2, 0.25) is 0 Å². The fraction of sp³-hybridized carbons (Fsp3) is 0.375. The molecule has 0 aromatic heterocycles. The van der Waals surface area contributed by atoms with Gasteiger partial charge in [-0.2, -0.15) is 0 Å². The van der Waals surface area contributed by atoms with Crippen molar-refractivity contribution in [3.05, 3.63) is 47.5 Å². The topological polar surface area (TPSA) is 18.5 Å². The maximum absolute atomic E-state index is 5.57. The summed E-state index contributed by atoms with van der Waals surface area (Å²) < 4.78 is 10.7. The van der Waals surface area contributed by atoms with Crippen LogP contribution in [-0.2, 0) is 22.7 Å². The molecule has 0 saturated heterocycles. The average Bonchev–Trinajstić information content (AvgIpc) is 2.39. The minimum absolute atomic E-state index is 0.659. The van der Waals surface area contributed by atoms with Crippen molar-refractivity contribution in [2.75, 3.05) is 13.7 Å². The van der Waals surface area contributed by atoms with Gasteiger partial charge in [-0.15, -0.1) is 0 Å². The average molecular weight is 244 g/mol. The molecule has 0 saturated carbocycles. The van der Waals surface area contributed by atoms with Crippen LogP contribution < -0.4 is 0 Å². The molecule has 0 radical (unpaired) electrons. The zero-order valence-electron chi connectivity index (χ0n) is 11.1. The third kappa shape index (κ3) is 3.31. The van der Waals surface area contributed by atoms with Gasteiger partial charge in [-0.3, -0.25) is 0 Å². The molecule has 0 aliphatic heterocycles. The van der Waals surface area contributed by atoms with Gasteiger partial charge in [0.2, 0.25) is 0 Å². The lowest BCUT2D eigenvalue weighted by molar-refractivity contribution is 0.121. The normalized spacial score (nSPS) is 11.0. The Kier molecular flexibility index (Phi) is 4.73. The molecule has 0 amide bonds. The SMILES string of the molecule is CCCOCc1ccc2ccc(COC)cc2c1. The molecular formula is C16H20O2. The van der Waals surface area contributed by atoms with Crippen molar-refractivity contribution in [2.24, 2.45) is 0 Å². The Bertz CT molecular complexity index is 505. The van der Waals surface area contributed by atoms with Crippen molar-refractivity contribution in [1.82, 2.24) is 0 Å². The third-order valence-electron chi connectivity index (χ3n) is 2.90. The van der Waals surface area contributed by atoms with Gasteiger partial charge in [0.15, 0.2) is 0 Å². The minimum Gasteiger partial charge on any atom is -0.380 e. The second-order valence-corrected chi connectivity index (χ2v) is 4.50. The predicted molar refractivity (Wildman–Crippen MR) is 74.6 cm³/mol. The second-order valence-electron chi connectivity index (χ2n) is 4.50. The number of ether oxygens (including phenoxy) is 2. The lowest BCUT2D eigenvalue weighted by atomic mass is 10.0. The second kappa shape index (κ2) is 6.53. The van der Waals surface area contributed by atoms with Crippen molar-refractivity contribution < 1.29 is 9.47 Å². The highest BCUT2D eigenvalue weighted by atomic mass is 16.5. The number of hydrogen-bond acceptors (Lipinski definition) is 2. The van der Waals surface area contributed by atoms with E-state index in [9.17, 15) is 0 Å². The smallest absolute Gasteiger partial charge is 0.0717 e. The van der Waals surface area contributed by atoms with Crippen LogP contribution in [-0.4, -0.2) is 13.7 Å². The van der Waals surface area contributed by atoms with Crippen LogP contribution in [0.3, 0.4) is 0 Å². The molecule has 0 N–H and O–H groups in total. The quantitative estimate of drug-likeness (QED) is 0.717. The molecule has 2 rings (SSSR count). The summed E-state index contributed by atoms with van der Waals surface area (Å²) in [4.78, 5) is 0. The molecule has 18 heavy (non-hydrogen) atoms. The van der Waals surface area contributed by atoms with E-state index in [0.717, 1.165) is 13.0 Å². The van der Waals surface area contributed by atoms with Crippen LogP contribution in [0.5, 0.6) is 0 Å². The first kappa shape index (κ1) is 13.1. The van der Waals surface area contributed by atoms with E-state index in [-0.39, 0.29) is 0 Å². The molecule has 0 fully saturated rings. The molecule has 0 bridgehead atoms. The van der Waals surface area contributed by atoms with Crippen molar-refractivity contribution in [2.45, 2.75) is 26.6 Å². The summed E-state index contributed by atoms with van der Waals surface area (Å²) in [5, 5.41) is 2.51. The van der Waals surface area contributed by atoms with Gasteiger partial charge in [0, 0.05) is 13.7 Å². The third-order valence-corrected chi connectivity index (χ3v) is 2.90. The van der Waals surface area contributed by atoms with Crippen molar-refractivity contribution in [3.63, 3.8) is 0 Å². The molecule has 2 nitrogen and oxygen atoms in total. The summed E-state index contributed by atoms with van der Waals surface area (Å²) in [6.07, 6.45) is 1.06. The van der Waals surface area contributed by atoms with Gasteiger partial charge in [0.1, 0.15) is 0 Å².